The van der Waals surface area contributed by atoms with Gasteiger partial charge in [0.1, 0.15) is 0 Å². The SMILES string of the molecule is C=C(C)[C@H](O)CC[C@H](C)[C@@H]1CC[C@]2(C)C3=CC[C@H]4C(C)(C)[C@@H](O)CC[C@]4(C)C3=CC[C@@]12C. The number of allylic oxidation sites excluding steroid dienone is 4. The Morgan fingerprint density at radius 2 is 1.75 bits per heavy atom. The van der Waals surface area contributed by atoms with Crippen molar-refractivity contribution < 1.29 is 10.2 Å². The van der Waals surface area contributed by atoms with Crippen molar-refractivity contribution in [2.75, 3.05) is 0 Å². The van der Waals surface area contributed by atoms with E-state index in [4.69, 9.17) is 0 Å². The van der Waals surface area contributed by atoms with E-state index >= 15 is 0 Å². The average Bonchev–Trinajstić information content (AvgIpc) is 3.00. The molecule has 2 saturated carbocycles. The molecule has 4 aliphatic rings. The van der Waals surface area contributed by atoms with Crippen molar-refractivity contribution >= 4 is 0 Å². The first-order chi connectivity index (χ1) is 14.8. The highest BCUT2D eigenvalue weighted by atomic mass is 16.3. The first kappa shape index (κ1) is 24.3. The highest BCUT2D eigenvalue weighted by Crippen LogP contribution is 2.71. The molecular weight excluding hydrogens is 392 g/mol. The lowest BCUT2D eigenvalue weighted by Gasteiger charge is -2.61. The summed E-state index contributed by atoms with van der Waals surface area (Å²) in [5.74, 6) is 1.82. The number of fused-ring (bicyclic) bond motifs is 5. The van der Waals surface area contributed by atoms with Crippen molar-refractivity contribution in [2.45, 2.75) is 112 Å². The molecule has 0 bridgehead atoms. The van der Waals surface area contributed by atoms with Gasteiger partial charge >= 0.3 is 0 Å². The molecule has 0 aromatic carbocycles. The molecule has 8 atom stereocenters. The van der Waals surface area contributed by atoms with Crippen LogP contribution < -0.4 is 0 Å². The Hall–Kier alpha value is -0.860. The minimum absolute atomic E-state index is 0.0334. The fourth-order valence-corrected chi connectivity index (χ4v) is 8.81. The van der Waals surface area contributed by atoms with Crippen LogP contribution in [-0.4, -0.2) is 22.4 Å². The highest BCUT2D eigenvalue weighted by Gasteiger charge is 2.62. The number of aliphatic hydroxyl groups excluding tert-OH is 2. The molecule has 0 aromatic heterocycles. The second-order valence-electron chi connectivity index (χ2n) is 13.3. The zero-order chi connectivity index (χ0) is 23.7. The number of aliphatic hydroxyl groups is 2. The predicted octanol–water partition coefficient (Wildman–Crippen LogP) is 7.23. The first-order valence-corrected chi connectivity index (χ1v) is 13.2. The van der Waals surface area contributed by atoms with E-state index in [0.29, 0.717) is 17.8 Å². The molecule has 0 aliphatic heterocycles. The summed E-state index contributed by atoms with van der Waals surface area (Å²) in [5, 5.41) is 21.1. The third-order valence-corrected chi connectivity index (χ3v) is 11.4. The van der Waals surface area contributed by atoms with Crippen LogP contribution in [0.25, 0.3) is 0 Å². The average molecular weight is 441 g/mol. The lowest BCUT2D eigenvalue weighted by Crippen LogP contribution is -2.54. The summed E-state index contributed by atoms with van der Waals surface area (Å²) in [7, 11) is 0. The fourth-order valence-electron chi connectivity index (χ4n) is 8.81. The minimum Gasteiger partial charge on any atom is -0.393 e. The van der Waals surface area contributed by atoms with Crippen LogP contribution in [0.15, 0.2) is 35.5 Å². The van der Waals surface area contributed by atoms with Gasteiger partial charge in [-0.05, 0) is 109 Å². The Bertz CT molecular complexity index is 834. The summed E-state index contributed by atoms with van der Waals surface area (Å²) >= 11 is 0. The quantitative estimate of drug-likeness (QED) is 0.443. The maximum absolute atomic E-state index is 10.8. The monoisotopic (exact) mass is 440 g/mol. The van der Waals surface area contributed by atoms with Gasteiger partial charge in [0, 0.05) is 0 Å². The maximum Gasteiger partial charge on any atom is 0.0744 e. The van der Waals surface area contributed by atoms with Crippen LogP contribution in [0.3, 0.4) is 0 Å². The van der Waals surface area contributed by atoms with E-state index in [1.165, 1.54) is 19.3 Å². The van der Waals surface area contributed by atoms with E-state index in [2.05, 4.69) is 60.3 Å². The van der Waals surface area contributed by atoms with Gasteiger partial charge in [0.2, 0.25) is 0 Å². The van der Waals surface area contributed by atoms with Crippen LogP contribution in [0, 0.1) is 39.4 Å². The molecule has 0 amide bonds. The van der Waals surface area contributed by atoms with Crippen LogP contribution in [0.2, 0.25) is 0 Å². The van der Waals surface area contributed by atoms with Crippen LogP contribution in [-0.2, 0) is 0 Å². The van der Waals surface area contributed by atoms with Crippen molar-refractivity contribution in [2.24, 2.45) is 39.4 Å². The normalized spacial score (nSPS) is 44.5. The lowest BCUT2D eigenvalue weighted by molar-refractivity contribution is -0.0851. The van der Waals surface area contributed by atoms with E-state index < -0.39 is 0 Å². The third kappa shape index (κ3) is 3.26. The molecule has 0 radical (unpaired) electrons. The summed E-state index contributed by atoms with van der Waals surface area (Å²) in [4.78, 5) is 0. The summed E-state index contributed by atoms with van der Waals surface area (Å²) in [6.07, 6.45) is 13.4. The second kappa shape index (κ2) is 7.84. The summed E-state index contributed by atoms with van der Waals surface area (Å²) in [6.45, 7) is 20.5. The molecule has 2 nitrogen and oxygen atoms in total. The lowest BCUT2D eigenvalue weighted by atomic mass is 9.44. The first-order valence-electron chi connectivity index (χ1n) is 13.2. The number of hydrogen-bond donors (Lipinski definition) is 2. The van der Waals surface area contributed by atoms with Gasteiger partial charge < -0.3 is 10.2 Å². The molecule has 0 aromatic rings. The van der Waals surface area contributed by atoms with E-state index in [9.17, 15) is 10.2 Å². The highest BCUT2D eigenvalue weighted by molar-refractivity contribution is 5.49. The van der Waals surface area contributed by atoms with Crippen molar-refractivity contribution in [1.82, 2.24) is 0 Å². The van der Waals surface area contributed by atoms with Crippen LogP contribution in [0.1, 0.15) is 99.8 Å². The molecule has 4 aliphatic carbocycles. The van der Waals surface area contributed by atoms with E-state index in [1.54, 1.807) is 11.1 Å². The van der Waals surface area contributed by atoms with E-state index in [-0.39, 0.29) is 33.9 Å². The van der Waals surface area contributed by atoms with Gasteiger partial charge in [0.15, 0.2) is 0 Å². The summed E-state index contributed by atoms with van der Waals surface area (Å²) < 4.78 is 0. The van der Waals surface area contributed by atoms with E-state index in [0.717, 1.165) is 37.7 Å². The van der Waals surface area contributed by atoms with Crippen molar-refractivity contribution in [3.63, 3.8) is 0 Å². The Kier molecular flexibility index (Phi) is 5.95. The Balaban J connectivity index is 1.63. The summed E-state index contributed by atoms with van der Waals surface area (Å²) in [5.41, 5.74) is 4.83. The molecule has 0 saturated heterocycles. The van der Waals surface area contributed by atoms with E-state index in [1.807, 2.05) is 6.92 Å². The molecule has 2 fully saturated rings. The van der Waals surface area contributed by atoms with Crippen LogP contribution >= 0.6 is 0 Å². The molecule has 4 rings (SSSR count). The molecule has 0 unspecified atom stereocenters. The second-order valence-corrected chi connectivity index (χ2v) is 13.3. The Labute approximate surface area is 197 Å². The van der Waals surface area contributed by atoms with Crippen molar-refractivity contribution in [3.8, 4) is 0 Å². The smallest absolute Gasteiger partial charge is 0.0744 e. The molecule has 2 N–H and O–H groups in total. The fraction of sp³-hybridized carbons (Fsp3) is 0.800. The van der Waals surface area contributed by atoms with Gasteiger partial charge in [0.25, 0.3) is 0 Å². The molecular formula is C30H48O2. The Morgan fingerprint density at radius 1 is 1.06 bits per heavy atom. The van der Waals surface area contributed by atoms with Gasteiger partial charge in [-0.15, -0.1) is 0 Å². The maximum atomic E-state index is 10.8. The standard InChI is InChI=1S/C30H48O2/c1-19(2)24(31)11-9-20(3)21-13-17-30(8)23-10-12-25-27(4,5)26(32)15-16-28(25,6)22(23)14-18-29(21,30)7/h10,14,20-21,24-26,31-32H,1,9,11-13,15-18H2,2-8H3/t20-,21-,24+,25-,26-,28+,29-,30+/m0/s1. The van der Waals surface area contributed by atoms with Gasteiger partial charge in [-0.25, -0.2) is 0 Å². The minimum atomic E-state index is -0.362. The molecule has 0 heterocycles. The zero-order valence-electron chi connectivity index (χ0n) is 21.8. The van der Waals surface area contributed by atoms with Crippen LogP contribution in [0.4, 0.5) is 0 Å². The number of rotatable bonds is 5. The van der Waals surface area contributed by atoms with Gasteiger partial charge in [-0.2, -0.15) is 0 Å². The molecule has 0 spiro atoms. The molecule has 32 heavy (non-hydrogen) atoms. The molecule has 180 valence electrons. The van der Waals surface area contributed by atoms with Crippen molar-refractivity contribution in [3.05, 3.63) is 35.5 Å². The van der Waals surface area contributed by atoms with Gasteiger partial charge in [0.05, 0.1) is 12.2 Å². The Morgan fingerprint density at radius 3 is 2.41 bits per heavy atom. The van der Waals surface area contributed by atoms with Gasteiger partial charge in [-0.3, -0.25) is 0 Å². The predicted molar refractivity (Wildman–Crippen MR) is 134 cm³/mol. The largest absolute Gasteiger partial charge is 0.393 e. The molecule has 2 heteroatoms. The third-order valence-electron chi connectivity index (χ3n) is 11.4. The van der Waals surface area contributed by atoms with Crippen molar-refractivity contribution in [1.29, 1.82) is 0 Å². The topological polar surface area (TPSA) is 40.5 Å². The van der Waals surface area contributed by atoms with Crippen LogP contribution in [0.5, 0.6) is 0 Å². The van der Waals surface area contributed by atoms with Gasteiger partial charge in [-0.1, -0.05) is 65.8 Å². The summed E-state index contributed by atoms with van der Waals surface area (Å²) in [6, 6.07) is 0. The zero-order valence-corrected chi connectivity index (χ0v) is 21.8. The number of hydrogen-bond acceptors (Lipinski definition) is 2.